The topological polar surface area (TPSA) is 112 Å². The molecule has 0 aliphatic carbocycles. The van der Waals surface area contributed by atoms with Crippen LogP contribution in [0.4, 0.5) is 0 Å². The maximum absolute atomic E-state index is 10.6. The molecule has 0 atom stereocenters. The minimum Gasteiger partial charge on any atom is -0.504 e. The number of carbonyl (C=O) groups excluding carboxylic acids is 3. The van der Waals surface area contributed by atoms with Crippen LogP contribution < -0.4 is 0 Å². The van der Waals surface area contributed by atoms with Crippen molar-refractivity contribution in [3.05, 3.63) is 16.7 Å². The molecular weight excluding hydrogens is 204 g/mol. The van der Waals surface area contributed by atoms with Crippen molar-refractivity contribution < 1.29 is 29.7 Å². The zero-order chi connectivity index (χ0) is 11.6. The van der Waals surface area contributed by atoms with Crippen molar-refractivity contribution in [3.63, 3.8) is 0 Å². The van der Waals surface area contributed by atoms with E-state index in [1.165, 1.54) is 0 Å². The lowest BCUT2D eigenvalue weighted by Gasteiger charge is -2.08. The van der Waals surface area contributed by atoms with Crippen molar-refractivity contribution in [3.8, 4) is 17.2 Å². The first-order chi connectivity index (χ1) is 7.08. The highest BCUT2D eigenvalue weighted by atomic mass is 16.3. The Kier molecular flexibility index (Phi) is 2.70. The first-order valence-electron chi connectivity index (χ1n) is 3.74. The number of phenolic OH excluding ortho intramolecular Hbond substituents is 3. The Hall–Kier alpha value is -2.37. The predicted octanol–water partition coefficient (Wildman–Crippen LogP) is 0.241. The number of rotatable bonds is 3. The van der Waals surface area contributed by atoms with Gasteiger partial charge in [-0.05, 0) is 0 Å². The molecule has 15 heavy (non-hydrogen) atoms. The van der Waals surface area contributed by atoms with Gasteiger partial charge in [-0.15, -0.1) is 0 Å². The average molecular weight is 210 g/mol. The van der Waals surface area contributed by atoms with Gasteiger partial charge in [0.1, 0.15) is 0 Å². The highest BCUT2D eigenvalue weighted by Gasteiger charge is 2.22. The fourth-order valence-electron chi connectivity index (χ4n) is 1.13. The number of phenols is 3. The number of hydrogen-bond donors (Lipinski definition) is 3. The summed E-state index contributed by atoms with van der Waals surface area (Å²) in [7, 11) is 0. The molecule has 3 N–H and O–H groups in total. The molecule has 0 aromatic heterocycles. The molecule has 0 saturated carbocycles. The molecule has 0 unspecified atom stereocenters. The highest BCUT2D eigenvalue weighted by Crippen LogP contribution is 2.41. The lowest BCUT2D eigenvalue weighted by atomic mass is 10.0. The highest BCUT2D eigenvalue weighted by molar-refractivity contribution is 6.03. The Morgan fingerprint density at radius 1 is 0.600 bits per heavy atom. The third kappa shape index (κ3) is 1.41. The third-order valence-corrected chi connectivity index (χ3v) is 1.89. The summed E-state index contributed by atoms with van der Waals surface area (Å²) < 4.78 is 0. The van der Waals surface area contributed by atoms with E-state index in [4.69, 9.17) is 5.11 Å². The summed E-state index contributed by atoms with van der Waals surface area (Å²) in [6.45, 7) is 0. The van der Waals surface area contributed by atoms with Crippen LogP contribution in [0.3, 0.4) is 0 Å². The molecule has 78 valence electrons. The van der Waals surface area contributed by atoms with Gasteiger partial charge in [0, 0.05) is 5.56 Å². The van der Waals surface area contributed by atoms with Gasteiger partial charge in [-0.2, -0.15) is 0 Å². The van der Waals surface area contributed by atoms with Gasteiger partial charge in [-0.3, -0.25) is 14.4 Å². The van der Waals surface area contributed by atoms with Gasteiger partial charge in [-0.25, -0.2) is 0 Å². The molecule has 0 bridgehead atoms. The zero-order valence-electron chi connectivity index (χ0n) is 7.30. The maximum atomic E-state index is 10.6. The first kappa shape index (κ1) is 10.7. The van der Waals surface area contributed by atoms with Crippen LogP contribution in [0.2, 0.25) is 0 Å². The fraction of sp³-hybridized carbons (Fsp3) is 0. The molecule has 0 aliphatic rings. The number of carbonyl (C=O) groups is 3. The standard InChI is InChI=1S/C9H6O6/c10-1-4-5(2-11)7(13)9(15)8(14)6(4)3-12/h1-3,13-15H. The Balaban J connectivity index is 3.81. The monoisotopic (exact) mass is 210 g/mol. The van der Waals surface area contributed by atoms with Gasteiger partial charge >= 0.3 is 0 Å². The molecular formula is C9H6O6. The minimum absolute atomic E-state index is 0.102. The minimum atomic E-state index is -1.01. The van der Waals surface area contributed by atoms with E-state index in [0.29, 0.717) is 0 Å². The SMILES string of the molecule is O=Cc1c(O)c(O)c(O)c(C=O)c1C=O. The van der Waals surface area contributed by atoms with E-state index in [9.17, 15) is 24.6 Å². The van der Waals surface area contributed by atoms with Crippen LogP contribution in [0.1, 0.15) is 31.1 Å². The van der Waals surface area contributed by atoms with E-state index < -0.39 is 33.9 Å². The van der Waals surface area contributed by atoms with Gasteiger partial charge in [0.2, 0.25) is 5.75 Å². The molecule has 0 saturated heterocycles. The molecule has 0 amide bonds. The normalized spacial score (nSPS) is 9.60. The van der Waals surface area contributed by atoms with Crippen LogP contribution in [-0.4, -0.2) is 34.2 Å². The summed E-state index contributed by atoms with van der Waals surface area (Å²) in [4.78, 5) is 31.6. The van der Waals surface area contributed by atoms with Crippen molar-refractivity contribution in [2.75, 3.05) is 0 Å². The predicted molar refractivity (Wildman–Crippen MR) is 47.6 cm³/mol. The zero-order valence-corrected chi connectivity index (χ0v) is 7.30. The average Bonchev–Trinajstić information content (AvgIpc) is 2.25. The lowest BCUT2D eigenvalue weighted by Crippen LogP contribution is -1.99. The van der Waals surface area contributed by atoms with Crippen molar-refractivity contribution in [2.24, 2.45) is 0 Å². The molecule has 6 nitrogen and oxygen atoms in total. The summed E-state index contributed by atoms with van der Waals surface area (Å²) in [6, 6.07) is 0. The van der Waals surface area contributed by atoms with E-state index >= 15 is 0 Å². The molecule has 1 rings (SSSR count). The molecule has 0 spiro atoms. The van der Waals surface area contributed by atoms with Crippen LogP contribution in [0, 0.1) is 0 Å². The van der Waals surface area contributed by atoms with Crippen molar-refractivity contribution >= 4 is 18.9 Å². The Morgan fingerprint density at radius 2 is 0.933 bits per heavy atom. The summed E-state index contributed by atoms with van der Waals surface area (Å²) in [5.74, 6) is -2.88. The van der Waals surface area contributed by atoms with Crippen molar-refractivity contribution in [1.82, 2.24) is 0 Å². The Bertz CT molecular complexity index is 413. The number of aromatic hydroxyl groups is 3. The molecule has 0 aliphatic heterocycles. The van der Waals surface area contributed by atoms with Gasteiger partial charge in [0.25, 0.3) is 0 Å². The number of hydrogen-bond acceptors (Lipinski definition) is 6. The van der Waals surface area contributed by atoms with Gasteiger partial charge in [0.05, 0.1) is 11.1 Å². The molecule has 1 aromatic rings. The Morgan fingerprint density at radius 3 is 1.20 bits per heavy atom. The third-order valence-electron chi connectivity index (χ3n) is 1.89. The van der Waals surface area contributed by atoms with Crippen LogP contribution in [0.5, 0.6) is 17.2 Å². The maximum Gasteiger partial charge on any atom is 0.201 e. The van der Waals surface area contributed by atoms with Crippen molar-refractivity contribution in [2.45, 2.75) is 0 Å². The lowest BCUT2D eigenvalue weighted by molar-refractivity contribution is 0.108. The molecule has 1 aromatic carbocycles. The van der Waals surface area contributed by atoms with E-state index in [-0.39, 0.29) is 18.9 Å². The molecule has 6 heteroatoms. The van der Waals surface area contributed by atoms with Gasteiger partial charge < -0.3 is 15.3 Å². The van der Waals surface area contributed by atoms with Crippen molar-refractivity contribution in [1.29, 1.82) is 0 Å². The van der Waals surface area contributed by atoms with Gasteiger partial charge in [0.15, 0.2) is 30.4 Å². The van der Waals surface area contributed by atoms with Crippen LogP contribution >= 0.6 is 0 Å². The number of aldehydes is 3. The van der Waals surface area contributed by atoms with E-state index in [1.807, 2.05) is 0 Å². The molecule has 0 fully saturated rings. The van der Waals surface area contributed by atoms with E-state index in [1.54, 1.807) is 0 Å². The summed E-state index contributed by atoms with van der Waals surface area (Å²) in [6.07, 6.45) is 0.336. The molecule has 0 heterocycles. The van der Waals surface area contributed by atoms with E-state index in [0.717, 1.165) is 0 Å². The van der Waals surface area contributed by atoms with Crippen LogP contribution in [0.15, 0.2) is 0 Å². The summed E-state index contributed by atoms with van der Waals surface area (Å²) in [5, 5.41) is 27.5. The fourth-order valence-corrected chi connectivity index (χ4v) is 1.13. The summed E-state index contributed by atoms with van der Waals surface area (Å²) >= 11 is 0. The van der Waals surface area contributed by atoms with Crippen LogP contribution in [0.25, 0.3) is 0 Å². The van der Waals surface area contributed by atoms with Gasteiger partial charge in [-0.1, -0.05) is 0 Å². The van der Waals surface area contributed by atoms with E-state index in [2.05, 4.69) is 0 Å². The summed E-state index contributed by atoms with van der Waals surface area (Å²) in [5.41, 5.74) is -1.54. The molecule has 0 radical (unpaired) electrons. The first-order valence-corrected chi connectivity index (χ1v) is 3.74. The smallest absolute Gasteiger partial charge is 0.201 e. The quantitative estimate of drug-likeness (QED) is 0.486. The second-order valence-electron chi connectivity index (χ2n) is 2.64. The van der Waals surface area contributed by atoms with Crippen LogP contribution in [-0.2, 0) is 0 Å². The second kappa shape index (κ2) is 3.79. The Labute approximate surface area is 83.4 Å². The number of benzene rings is 1. The largest absolute Gasteiger partial charge is 0.504 e. The second-order valence-corrected chi connectivity index (χ2v) is 2.64.